The lowest BCUT2D eigenvalue weighted by Crippen LogP contribution is -2.40. The van der Waals surface area contributed by atoms with Gasteiger partial charge in [-0.3, -0.25) is 0 Å². The molecule has 0 saturated carbocycles. The third-order valence-corrected chi connectivity index (χ3v) is 3.83. The van der Waals surface area contributed by atoms with Crippen molar-refractivity contribution >= 4 is 0 Å². The number of nitrogens with one attached hydrogen (secondary N) is 1. The molecule has 0 saturated heterocycles. The molecule has 21 heavy (non-hydrogen) atoms. The Hall–Kier alpha value is -1.65. The molecule has 0 spiro atoms. The SMILES string of the molecule is CC(CN(C)C(C)C)NCc1ccccc1-n1cccn1. The van der Waals surface area contributed by atoms with Gasteiger partial charge in [-0.15, -0.1) is 0 Å². The van der Waals surface area contributed by atoms with Crippen molar-refractivity contribution in [3.05, 3.63) is 48.3 Å². The maximum absolute atomic E-state index is 4.33. The summed E-state index contributed by atoms with van der Waals surface area (Å²) >= 11 is 0. The summed E-state index contributed by atoms with van der Waals surface area (Å²) in [6.45, 7) is 8.57. The molecule has 2 rings (SSSR count). The maximum atomic E-state index is 4.33. The highest BCUT2D eigenvalue weighted by molar-refractivity contribution is 5.40. The van der Waals surface area contributed by atoms with Gasteiger partial charge in [0.1, 0.15) is 0 Å². The minimum Gasteiger partial charge on any atom is -0.309 e. The fourth-order valence-corrected chi connectivity index (χ4v) is 2.29. The summed E-state index contributed by atoms with van der Waals surface area (Å²) < 4.78 is 1.92. The van der Waals surface area contributed by atoms with Gasteiger partial charge < -0.3 is 10.2 Å². The highest BCUT2D eigenvalue weighted by atomic mass is 15.3. The summed E-state index contributed by atoms with van der Waals surface area (Å²) in [6, 6.07) is 11.4. The summed E-state index contributed by atoms with van der Waals surface area (Å²) in [6.07, 6.45) is 3.79. The number of para-hydroxylation sites is 1. The van der Waals surface area contributed by atoms with Crippen LogP contribution >= 0.6 is 0 Å². The molecule has 114 valence electrons. The van der Waals surface area contributed by atoms with Crippen LogP contribution in [-0.4, -0.2) is 40.4 Å². The standard InChI is InChI=1S/C17H26N4/c1-14(2)20(4)13-15(3)18-12-16-8-5-6-9-17(16)21-11-7-10-19-21/h5-11,14-15,18H,12-13H2,1-4H3. The average Bonchev–Trinajstić information content (AvgIpc) is 2.99. The van der Waals surface area contributed by atoms with Crippen LogP contribution in [0.2, 0.25) is 0 Å². The van der Waals surface area contributed by atoms with E-state index >= 15 is 0 Å². The highest BCUT2D eigenvalue weighted by Gasteiger charge is 2.10. The average molecular weight is 286 g/mol. The number of hydrogen-bond acceptors (Lipinski definition) is 3. The summed E-state index contributed by atoms with van der Waals surface area (Å²) in [5.74, 6) is 0. The first-order valence-electron chi connectivity index (χ1n) is 7.59. The lowest BCUT2D eigenvalue weighted by molar-refractivity contribution is 0.246. The van der Waals surface area contributed by atoms with Crippen molar-refractivity contribution in [3.63, 3.8) is 0 Å². The predicted molar refractivity (Wildman–Crippen MR) is 87.6 cm³/mol. The van der Waals surface area contributed by atoms with Crippen LogP contribution < -0.4 is 5.32 Å². The molecule has 4 nitrogen and oxygen atoms in total. The Morgan fingerprint density at radius 2 is 1.95 bits per heavy atom. The summed E-state index contributed by atoms with van der Waals surface area (Å²) in [5, 5.41) is 7.93. The number of nitrogens with zero attached hydrogens (tertiary/aromatic N) is 3. The largest absolute Gasteiger partial charge is 0.309 e. The zero-order valence-electron chi connectivity index (χ0n) is 13.5. The summed E-state index contributed by atoms with van der Waals surface area (Å²) in [4.78, 5) is 2.36. The Morgan fingerprint density at radius 3 is 2.62 bits per heavy atom. The van der Waals surface area contributed by atoms with Crippen LogP contribution in [0, 0.1) is 0 Å². The van der Waals surface area contributed by atoms with Crippen molar-refractivity contribution < 1.29 is 0 Å². The first-order valence-corrected chi connectivity index (χ1v) is 7.59. The predicted octanol–water partition coefficient (Wildman–Crippen LogP) is 2.69. The van der Waals surface area contributed by atoms with Gasteiger partial charge in [-0.25, -0.2) is 4.68 Å². The third kappa shape index (κ3) is 4.41. The second kappa shape index (κ2) is 7.38. The third-order valence-electron chi connectivity index (χ3n) is 3.83. The normalized spacial score (nSPS) is 13.0. The van der Waals surface area contributed by atoms with Gasteiger partial charge in [0, 0.05) is 37.6 Å². The molecule has 0 aliphatic heterocycles. The van der Waals surface area contributed by atoms with Crippen molar-refractivity contribution in [1.29, 1.82) is 0 Å². The van der Waals surface area contributed by atoms with E-state index in [4.69, 9.17) is 0 Å². The summed E-state index contributed by atoms with van der Waals surface area (Å²) in [5.41, 5.74) is 2.40. The molecule has 0 fully saturated rings. The van der Waals surface area contributed by atoms with E-state index < -0.39 is 0 Å². The van der Waals surface area contributed by atoms with Gasteiger partial charge in [0.15, 0.2) is 0 Å². The lowest BCUT2D eigenvalue weighted by Gasteiger charge is -2.25. The molecule has 0 radical (unpaired) electrons. The van der Waals surface area contributed by atoms with Crippen LogP contribution in [-0.2, 0) is 6.54 Å². The zero-order chi connectivity index (χ0) is 15.2. The van der Waals surface area contributed by atoms with E-state index in [1.54, 1.807) is 0 Å². The minimum atomic E-state index is 0.447. The van der Waals surface area contributed by atoms with E-state index in [0.717, 1.165) is 18.8 Å². The molecule has 1 heterocycles. The fraction of sp³-hybridized carbons (Fsp3) is 0.471. The van der Waals surface area contributed by atoms with Gasteiger partial charge in [0.2, 0.25) is 0 Å². The van der Waals surface area contributed by atoms with Crippen molar-refractivity contribution in [1.82, 2.24) is 20.0 Å². The Labute approximate surface area is 127 Å². The second-order valence-electron chi connectivity index (χ2n) is 5.89. The van der Waals surface area contributed by atoms with Gasteiger partial charge in [0.05, 0.1) is 5.69 Å². The van der Waals surface area contributed by atoms with Crippen molar-refractivity contribution in [2.24, 2.45) is 0 Å². The number of rotatable bonds is 7. The molecule has 1 unspecified atom stereocenters. The van der Waals surface area contributed by atoms with Gasteiger partial charge >= 0.3 is 0 Å². The zero-order valence-corrected chi connectivity index (χ0v) is 13.5. The molecular weight excluding hydrogens is 260 g/mol. The van der Waals surface area contributed by atoms with Crippen LogP contribution in [0.1, 0.15) is 26.3 Å². The lowest BCUT2D eigenvalue weighted by atomic mass is 10.1. The topological polar surface area (TPSA) is 33.1 Å². The van der Waals surface area contributed by atoms with Crippen LogP contribution in [0.25, 0.3) is 5.69 Å². The van der Waals surface area contributed by atoms with Crippen molar-refractivity contribution in [2.45, 2.75) is 39.4 Å². The quantitative estimate of drug-likeness (QED) is 0.849. The Morgan fingerprint density at radius 1 is 1.19 bits per heavy atom. The first-order chi connectivity index (χ1) is 10.1. The second-order valence-corrected chi connectivity index (χ2v) is 5.89. The molecular formula is C17H26N4. The molecule has 0 aliphatic carbocycles. The van der Waals surface area contributed by atoms with Crippen LogP contribution in [0.3, 0.4) is 0 Å². The monoisotopic (exact) mass is 286 g/mol. The Kier molecular flexibility index (Phi) is 5.53. The van der Waals surface area contributed by atoms with E-state index in [-0.39, 0.29) is 0 Å². The van der Waals surface area contributed by atoms with E-state index in [0.29, 0.717) is 12.1 Å². The minimum absolute atomic E-state index is 0.447. The van der Waals surface area contributed by atoms with E-state index in [2.05, 4.69) is 67.4 Å². The van der Waals surface area contributed by atoms with Gasteiger partial charge in [-0.2, -0.15) is 5.10 Å². The molecule has 0 amide bonds. The molecule has 1 aromatic carbocycles. The van der Waals surface area contributed by atoms with Crippen LogP contribution in [0.15, 0.2) is 42.7 Å². The van der Waals surface area contributed by atoms with Gasteiger partial charge in [0.25, 0.3) is 0 Å². The van der Waals surface area contributed by atoms with Crippen LogP contribution in [0.4, 0.5) is 0 Å². The number of benzene rings is 1. The molecule has 0 bridgehead atoms. The van der Waals surface area contributed by atoms with Crippen molar-refractivity contribution in [2.75, 3.05) is 13.6 Å². The van der Waals surface area contributed by atoms with Crippen LogP contribution in [0.5, 0.6) is 0 Å². The van der Waals surface area contributed by atoms with Gasteiger partial charge in [-0.05, 0) is 45.5 Å². The molecule has 1 atom stereocenters. The van der Waals surface area contributed by atoms with E-state index in [9.17, 15) is 0 Å². The van der Waals surface area contributed by atoms with Crippen molar-refractivity contribution in [3.8, 4) is 5.69 Å². The molecule has 1 N–H and O–H groups in total. The Balaban J connectivity index is 1.98. The number of likely N-dealkylation sites (N-methyl/N-ethyl adjacent to an activating group) is 1. The fourth-order valence-electron chi connectivity index (χ4n) is 2.29. The summed E-state index contributed by atoms with van der Waals surface area (Å²) in [7, 11) is 2.17. The molecule has 2 aromatic rings. The maximum Gasteiger partial charge on any atom is 0.0690 e. The van der Waals surface area contributed by atoms with E-state index in [1.165, 1.54) is 5.56 Å². The number of hydrogen-bond donors (Lipinski definition) is 1. The highest BCUT2D eigenvalue weighted by Crippen LogP contribution is 2.13. The molecule has 1 aromatic heterocycles. The van der Waals surface area contributed by atoms with Gasteiger partial charge in [-0.1, -0.05) is 18.2 Å². The Bertz CT molecular complexity index is 533. The molecule has 0 aliphatic rings. The molecule has 4 heteroatoms. The van der Waals surface area contributed by atoms with E-state index in [1.807, 2.05) is 23.1 Å². The first kappa shape index (κ1) is 15.7. The smallest absolute Gasteiger partial charge is 0.0690 e. The number of aromatic nitrogens is 2.